The van der Waals surface area contributed by atoms with Crippen molar-refractivity contribution in [3.8, 4) is 0 Å². The first-order chi connectivity index (χ1) is 42.4. The van der Waals surface area contributed by atoms with Crippen molar-refractivity contribution in [3.05, 3.63) is 0 Å². The van der Waals surface area contributed by atoms with Gasteiger partial charge in [-0.3, -0.25) is 57.7 Å². The lowest BCUT2D eigenvalue weighted by molar-refractivity contribution is -0.139. The number of amides is 5. The van der Waals surface area contributed by atoms with Crippen LogP contribution in [-0.4, -0.2) is 141 Å². The summed E-state index contributed by atoms with van der Waals surface area (Å²) in [4.78, 5) is 154. The summed E-state index contributed by atoms with van der Waals surface area (Å²) in [6.07, 6.45) is 11.8. The summed E-state index contributed by atoms with van der Waals surface area (Å²) in [5.41, 5.74) is 16.9. The van der Waals surface area contributed by atoms with E-state index in [1.165, 1.54) is 78.6 Å². The number of carboxylic acid groups (broad SMARTS) is 1. The highest BCUT2D eigenvalue weighted by Gasteiger charge is 2.37. The fraction of sp³-hybridized carbons (Fsp3) is 0.821. The molecule has 5 amide bonds. The number of rotatable bonds is 55. The highest BCUT2D eigenvalue weighted by molar-refractivity contribution is 5.98. The standard InChI is InChI=1S/C67H121N9O14/c1-12-14-15-16-17-18-19-20-21-22-23-24-25-31-59(84)75-61(44(7)8)58(83)40-50(37-43(5)6)64(88)72-45(9)55(80)41-51(46(10)77)66(90)74-52(29-26-27-34-68)57(82)39-49(36-42(3)4)65(89)73-53(30-28-35-71-67(69)70)56(81)38-48(32-33-60(85)86)63(87)76-62(47(11)78)54(79)13-2/h42-53,61-62,77-78H,12-41,68H2,1-11H3,(H,72,88)(H,73,89)(H,74,90)(H,75,84)(H,76,87)(H,85,86)(H4,69,70,71)/t45-,46-,47+,48+,49+,50+,51-,52-,53-,61-,62-/m0/s1. The Kier molecular flexibility index (Phi) is 45.1. The van der Waals surface area contributed by atoms with Gasteiger partial charge >= 0.3 is 5.97 Å². The van der Waals surface area contributed by atoms with Gasteiger partial charge in [0.25, 0.3) is 0 Å². The zero-order valence-corrected chi connectivity index (χ0v) is 56.8. The van der Waals surface area contributed by atoms with E-state index in [2.05, 4.69) is 38.5 Å². The lowest BCUT2D eigenvalue weighted by Crippen LogP contribution is -2.51. The summed E-state index contributed by atoms with van der Waals surface area (Å²) in [6.45, 7) is 19.3. The molecular weight excluding hydrogens is 1150 g/mol. The van der Waals surface area contributed by atoms with Crippen LogP contribution in [0.3, 0.4) is 0 Å². The number of carbonyl (C=O) groups is 11. The van der Waals surface area contributed by atoms with Crippen LogP contribution in [0.25, 0.3) is 0 Å². The fourth-order valence-electron chi connectivity index (χ4n) is 11.1. The topological polar surface area (TPSA) is 399 Å². The van der Waals surface area contributed by atoms with E-state index in [1.807, 2.05) is 41.5 Å². The van der Waals surface area contributed by atoms with Crippen LogP contribution >= 0.6 is 0 Å². The summed E-state index contributed by atoms with van der Waals surface area (Å²) >= 11 is 0. The molecular formula is C67H121N9O14. The minimum atomic E-state index is -1.41. The van der Waals surface area contributed by atoms with Crippen molar-refractivity contribution in [1.29, 1.82) is 0 Å². The Bertz CT molecular complexity index is 2220. The molecule has 11 atom stereocenters. The largest absolute Gasteiger partial charge is 0.481 e. The zero-order chi connectivity index (χ0) is 68.5. The van der Waals surface area contributed by atoms with E-state index in [0.29, 0.717) is 32.1 Å². The number of nitrogens with one attached hydrogen (secondary N) is 5. The van der Waals surface area contributed by atoms with Gasteiger partial charge in [0.2, 0.25) is 29.5 Å². The maximum atomic E-state index is 14.5. The Morgan fingerprint density at radius 3 is 1.37 bits per heavy atom. The summed E-state index contributed by atoms with van der Waals surface area (Å²) in [7, 11) is 0. The lowest BCUT2D eigenvalue weighted by Gasteiger charge is -2.27. The highest BCUT2D eigenvalue weighted by Crippen LogP contribution is 2.24. The minimum absolute atomic E-state index is 0.0190. The first-order valence-electron chi connectivity index (χ1n) is 33.9. The number of hydrogen-bond acceptors (Lipinski definition) is 15. The number of nitrogens with two attached hydrogens (primary N) is 3. The molecule has 0 aromatic heterocycles. The van der Waals surface area contributed by atoms with E-state index in [-0.39, 0.29) is 93.4 Å². The monoisotopic (exact) mass is 1280 g/mol. The van der Waals surface area contributed by atoms with E-state index in [1.54, 1.807) is 6.92 Å². The lowest BCUT2D eigenvalue weighted by atomic mass is 9.86. The third-order valence-electron chi connectivity index (χ3n) is 16.5. The van der Waals surface area contributed by atoms with Crippen molar-refractivity contribution < 1.29 is 68.1 Å². The fourth-order valence-corrected chi connectivity index (χ4v) is 11.1. The molecule has 0 aliphatic rings. The van der Waals surface area contributed by atoms with Gasteiger partial charge in [-0.15, -0.1) is 0 Å². The second-order valence-corrected chi connectivity index (χ2v) is 26.2. The number of guanidine groups is 1. The molecule has 0 rings (SSSR count). The molecule has 0 heterocycles. The normalized spacial score (nSPS) is 15.2. The maximum absolute atomic E-state index is 14.5. The van der Waals surface area contributed by atoms with Crippen molar-refractivity contribution in [2.75, 3.05) is 13.1 Å². The van der Waals surface area contributed by atoms with Gasteiger partial charge in [-0.1, -0.05) is 132 Å². The van der Waals surface area contributed by atoms with Gasteiger partial charge < -0.3 is 59.1 Å². The van der Waals surface area contributed by atoms with E-state index in [0.717, 1.165) is 19.3 Å². The Hall–Kier alpha value is -5.68. The molecule has 90 heavy (non-hydrogen) atoms. The number of ketones is 5. The molecule has 0 spiro atoms. The smallest absolute Gasteiger partial charge is 0.303 e. The first-order valence-corrected chi connectivity index (χ1v) is 33.9. The zero-order valence-electron chi connectivity index (χ0n) is 56.8. The number of nitrogens with zero attached hydrogens (tertiary/aromatic N) is 1. The third-order valence-corrected chi connectivity index (χ3v) is 16.5. The predicted octanol–water partition coefficient (Wildman–Crippen LogP) is 6.75. The molecule has 23 nitrogen and oxygen atoms in total. The summed E-state index contributed by atoms with van der Waals surface area (Å²) in [6, 6.07) is -5.82. The molecule has 0 saturated heterocycles. The van der Waals surface area contributed by atoms with Crippen molar-refractivity contribution in [2.24, 2.45) is 63.6 Å². The van der Waals surface area contributed by atoms with Crippen LogP contribution in [0.1, 0.15) is 256 Å². The van der Waals surface area contributed by atoms with Gasteiger partial charge in [0.1, 0.15) is 6.04 Å². The van der Waals surface area contributed by atoms with Crippen molar-refractivity contribution in [3.63, 3.8) is 0 Å². The predicted molar refractivity (Wildman–Crippen MR) is 350 cm³/mol. The van der Waals surface area contributed by atoms with Crippen LogP contribution in [0.4, 0.5) is 0 Å². The molecule has 0 saturated carbocycles. The van der Waals surface area contributed by atoms with Crippen LogP contribution < -0.4 is 43.8 Å². The molecule has 0 aromatic carbocycles. The molecule has 14 N–H and O–H groups in total. The van der Waals surface area contributed by atoms with Crippen LogP contribution in [0.15, 0.2) is 4.99 Å². The number of aliphatic hydroxyl groups is 2. The van der Waals surface area contributed by atoms with E-state index in [4.69, 9.17) is 17.2 Å². The summed E-state index contributed by atoms with van der Waals surface area (Å²) in [5.74, 6) is -12.3. The van der Waals surface area contributed by atoms with Crippen molar-refractivity contribution in [1.82, 2.24) is 26.6 Å². The van der Waals surface area contributed by atoms with Crippen LogP contribution in [-0.2, 0) is 52.7 Å². The van der Waals surface area contributed by atoms with Gasteiger partial charge in [-0.05, 0) is 103 Å². The maximum Gasteiger partial charge on any atom is 0.303 e. The average Bonchev–Trinajstić information content (AvgIpc) is 2.26. The number of hydrogen-bond donors (Lipinski definition) is 11. The molecule has 0 fully saturated rings. The Morgan fingerprint density at radius 2 is 0.911 bits per heavy atom. The second kappa shape index (κ2) is 48.1. The van der Waals surface area contributed by atoms with E-state index >= 15 is 0 Å². The van der Waals surface area contributed by atoms with Crippen LogP contribution in [0, 0.1) is 41.4 Å². The Balaban J connectivity index is 6.34. The quantitative estimate of drug-likeness (QED) is 0.0170. The highest BCUT2D eigenvalue weighted by atomic mass is 16.4. The van der Waals surface area contributed by atoms with Crippen molar-refractivity contribution >= 4 is 70.4 Å². The third kappa shape index (κ3) is 37.6. The number of carboxylic acids is 1. The van der Waals surface area contributed by atoms with E-state index < -0.39 is 145 Å². The summed E-state index contributed by atoms with van der Waals surface area (Å²) < 4.78 is 0. The number of aliphatic hydroxyl groups excluding tert-OH is 2. The molecule has 0 aliphatic carbocycles. The number of aliphatic carboxylic acids is 1. The average molecular weight is 1280 g/mol. The molecule has 0 unspecified atom stereocenters. The number of carbonyl (C=O) groups excluding carboxylic acids is 10. The molecule has 0 aliphatic heterocycles. The van der Waals surface area contributed by atoms with Gasteiger partial charge in [0, 0.05) is 69.2 Å². The van der Waals surface area contributed by atoms with Crippen molar-refractivity contribution in [2.45, 2.75) is 298 Å². The van der Waals surface area contributed by atoms with Crippen LogP contribution in [0.5, 0.6) is 0 Å². The molecule has 0 radical (unpaired) electrons. The van der Waals surface area contributed by atoms with Gasteiger partial charge in [-0.25, -0.2) is 0 Å². The Morgan fingerprint density at radius 1 is 0.444 bits per heavy atom. The number of aliphatic imine (C=N–C) groups is 1. The molecule has 0 aromatic rings. The molecule has 0 bridgehead atoms. The minimum Gasteiger partial charge on any atom is -0.481 e. The molecule has 23 heteroatoms. The van der Waals surface area contributed by atoms with Gasteiger partial charge in [-0.2, -0.15) is 0 Å². The SMILES string of the molecule is CCCCCCCCCCCCCCCC(=O)N[C@H](C(=O)C[C@@H](CC(C)C)C(=O)N[C@@H](C)C(=O)C[C@H](C(=O)N[C@@H](CCCCN)C(=O)C[C@@H](CC(C)C)C(=O)N[C@@H](CCCN=C(N)N)C(=O)C[C@@H](CCC(=O)O)C(=O)N[C@H](C(=O)CC)[C@@H](C)O)[C@H](C)O)C(C)C. The summed E-state index contributed by atoms with van der Waals surface area (Å²) in [5, 5.41) is 44.4. The van der Waals surface area contributed by atoms with Crippen LogP contribution in [0.2, 0.25) is 0 Å². The molecule has 518 valence electrons. The van der Waals surface area contributed by atoms with Gasteiger partial charge in [0.15, 0.2) is 34.9 Å². The number of unbranched alkanes of at least 4 members (excludes halogenated alkanes) is 13. The van der Waals surface area contributed by atoms with E-state index in [9.17, 15) is 68.1 Å². The Labute approximate surface area is 538 Å². The van der Waals surface area contributed by atoms with Gasteiger partial charge in [0.05, 0.1) is 42.3 Å². The number of Topliss-reactive ketones (excluding diaryl/α,β-unsaturated/α-hetero) is 5. The first kappa shape index (κ1) is 84.3. The second-order valence-electron chi connectivity index (χ2n) is 26.2.